The zero-order valence-electron chi connectivity index (χ0n) is 13.2. The van der Waals surface area contributed by atoms with Crippen LogP contribution >= 0.6 is 0 Å². The summed E-state index contributed by atoms with van der Waals surface area (Å²) < 4.78 is 24.9. The van der Waals surface area contributed by atoms with Crippen LogP contribution in [0.15, 0.2) is 30.3 Å². The van der Waals surface area contributed by atoms with E-state index in [9.17, 15) is 8.78 Å². The molecule has 22 heavy (non-hydrogen) atoms. The Morgan fingerprint density at radius 2 is 1.41 bits per heavy atom. The lowest BCUT2D eigenvalue weighted by molar-refractivity contribution is 0.00966. The number of halogens is 2. The molecule has 1 aromatic carbocycles. The van der Waals surface area contributed by atoms with Gasteiger partial charge in [0.15, 0.2) is 0 Å². The van der Waals surface area contributed by atoms with Crippen LogP contribution in [0.2, 0.25) is 0 Å². The van der Waals surface area contributed by atoms with Gasteiger partial charge in [0.1, 0.15) is 0 Å². The van der Waals surface area contributed by atoms with E-state index in [1.54, 1.807) is 0 Å². The van der Waals surface area contributed by atoms with Gasteiger partial charge < -0.3 is 0 Å². The number of benzene rings is 1. The van der Waals surface area contributed by atoms with Crippen molar-refractivity contribution < 1.29 is 8.78 Å². The van der Waals surface area contributed by atoms with Gasteiger partial charge in [-0.2, -0.15) is 0 Å². The van der Waals surface area contributed by atoms with Crippen molar-refractivity contribution in [3.8, 4) is 0 Å². The van der Waals surface area contributed by atoms with Gasteiger partial charge in [-0.15, -0.1) is 0 Å². The Balaban J connectivity index is 1.46. The lowest BCUT2D eigenvalue weighted by Gasteiger charge is -2.47. The number of piperidine rings is 2. The summed E-state index contributed by atoms with van der Waals surface area (Å²) in [6.45, 7) is 4.98. The highest BCUT2D eigenvalue weighted by Gasteiger charge is 2.37. The molecule has 0 aliphatic carbocycles. The zero-order valence-corrected chi connectivity index (χ0v) is 13.2. The Bertz CT molecular complexity index is 445. The summed E-state index contributed by atoms with van der Waals surface area (Å²) in [7, 11) is 0. The Hall–Kier alpha value is -1.00. The molecule has 0 bridgehead atoms. The Morgan fingerprint density at radius 3 is 1.95 bits per heavy atom. The summed E-state index contributed by atoms with van der Waals surface area (Å²) >= 11 is 0. The third-order valence-corrected chi connectivity index (χ3v) is 5.48. The van der Waals surface area contributed by atoms with Crippen LogP contribution in [-0.2, 0) is 6.54 Å². The summed E-state index contributed by atoms with van der Waals surface area (Å²) in [6.07, 6.45) is 2.45. The van der Waals surface area contributed by atoms with Gasteiger partial charge in [-0.25, -0.2) is 8.78 Å². The fourth-order valence-corrected chi connectivity index (χ4v) is 3.93. The normalized spacial score (nSPS) is 23.2. The number of hydrogen-bond donors (Lipinski definition) is 0. The van der Waals surface area contributed by atoms with Gasteiger partial charge >= 0.3 is 0 Å². The summed E-state index contributed by atoms with van der Waals surface area (Å²) in [4.78, 5) is 4.47. The first-order chi connectivity index (χ1) is 10.7. The van der Waals surface area contributed by atoms with Crippen molar-refractivity contribution in [2.45, 2.75) is 38.7 Å². The monoisotopic (exact) mass is 308 g/mol. The molecule has 1 aromatic rings. The lowest BCUT2D eigenvalue weighted by Crippen LogP contribution is -2.47. The second-order valence-corrected chi connectivity index (χ2v) is 6.95. The van der Waals surface area contributed by atoms with Crippen molar-refractivity contribution >= 4 is 0 Å². The van der Waals surface area contributed by atoms with E-state index in [1.807, 2.05) is 4.90 Å². The fourth-order valence-electron chi connectivity index (χ4n) is 3.93. The highest BCUT2D eigenvalue weighted by atomic mass is 19.3. The predicted octanol–water partition coefficient (Wildman–Crippen LogP) is 3.63. The largest absolute Gasteiger partial charge is 0.299 e. The molecule has 0 N–H and O–H groups in total. The maximum atomic E-state index is 12.5. The van der Waals surface area contributed by atoms with Crippen LogP contribution in [-0.4, -0.2) is 48.9 Å². The molecule has 0 amide bonds. The average Bonchev–Trinajstić information content (AvgIpc) is 2.53. The first kappa shape index (κ1) is 15.9. The molecule has 0 radical (unpaired) electrons. The maximum absolute atomic E-state index is 12.5. The minimum atomic E-state index is -2.19. The molecule has 4 heteroatoms. The minimum absolute atomic E-state index is 0.0454. The van der Waals surface area contributed by atoms with Gasteiger partial charge in [-0.1, -0.05) is 30.3 Å². The van der Waals surface area contributed by atoms with Crippen molar-refractivity contribution in [3.05, 3.63) is 35.9 Å². The van der Waals surface area contributed by atoms with Gasteiger partial charge in [-0.3, -0.25) is 9.80 Å². The van der Waals surface area contributed by atoms with Crippen molar-refractivity contribution in [2.75, 3.05) is 32.7 Å². The number of hydrogen-bond acceptors (Lipinski definition) is 2. The molecule has 122 valence electrons. The van der Waals surface area contributed by atoms with Gasteiger partial charge in [0.25, 0.3) is 6.43 Å². The smallest absolute Gasteiger partial charge is 0.251 e. The lowest BCUT2D eigenvalue weighted by atomic mass is 9.71. The van der Waals surface area contributed by atoms with E-state index in [-0.39, 0.29) is 6.54 Å². The van der Waals surface area contributed by atoms with E-state index in [0.717, 1.165) is 45.6 Å². The molecule has 0 unspecified atom stereocenters. The van der Waals surface area contributed by atoms with Crippen molar-refractivity contribution in [2.24, 2.45) is 5.41 Å². The van der Waals surface area contributed by atoms with Crippen LogP contribution in [0.4, 0.5) is 8.78 Å². The quantitative estimate of drug-likeness (QED) is 0.838. The molecule has 2 saturated heterocycles. The van der Waals surface area contributed by atoms with Crippen LogP contribution in [0.25, 0.3) is 0 Å². The highest BCUT2D eigenvalue weighted by Crippen LogP contribution is 2.41. The summed E-state index contributed by atoms with van der Waals surface area (Å²) in [5.41, 5.74) is 1.80. The minimum Gasteiger partial charge on any atom is -0.299 e. The summed E-state index contributed by atoms with van der Waals surface area (Å²) in [6, 6.07) is 10.6. The first-order valence-electron chi connectivity index (χ1n) is 8.42. The molecule has 2 fully saturated rings. The van der Waals surface area contributed by atoms with E-state index < -0.39 is 6.43 Å². The second kappa shape index (κ2) is 7.05. The van der Waals surface area contributed by atoms with Crippen molar-refractivity contribution in [3.63, 3.8) is 0 Å². The molecule has 2 aliphatic rings. The Labute approximate surface area is 132 Å². The van der Waals surface area contributed by atoms with Gasteiger partial charge in [0.2, 0.25) is 0 Å². The van der Waals surface area contributed by atoms with Gasteiger partial charge in [-0.05, 0) is 62.8 Å². The summed E-state index contributed by atoms with van der Waals surface area (Å²) in [5, 5.41) is 0. The second-order valence-electron chi connectivity index (χ2n) is 6.95. The van der Waals surface area contributed by atoms with Gasteiger partial charge in [0.05, 0.1) is 6.54 Å². The van der Waals surface area contributed by atoms with Crippen LogP contribution in [0.5, 0.6) is 0 Å². The maximum Gasteiger partial charge on any atom is 0.251 e. The molecule has 2 heterocycles. The fraction of sp³-hybridized carbons (Fsp3) is 0.667. The number of nitrogens with zero attached hydrogens (tertiary/aromatic N) is 2. The van der Waals surface area contributed by atoms with Crippen LogP contribution in [0, 0.1) is 5.41 Å². The molecular weight excluding hydrogens is 282 g/mol. The van der Waals surface area contributed by atoms with Crippen LogP contribution in [0.1, 0.15) is 31.2 Å². The molecule has 0 saturated carbocycles. The van der Waals surface area contributed by atoms with E-state index in [2.05, 4.69) is 35.2 Å². The van der Waals surface area contributed by atoms with E-state index in [0.29, 0.717) is 5.41 Å². The summed E-state index contributed by atoms with van der Waals surface area (Å²) in [5.74, 6) is 0. The molecule has 0 aromatic heterocycles. The molecule has 2 nitrogen and oxygen atoms in total. The predicted molar refractivity (Wildman–Crippen MR) is 85.1 cm³/mol. The number of rotatable bonds is 4. The zero-order chi connectivity index (χ0) is 15.4. The third-order valence-electron chi connectivity index (χ3n) is 5.48. The van der Waals surface area contributed by atoms with E-state index in [1.165, 1.54) is 18.4 Å². The van der Waals surface area contributed by atoms with Crippen LogP contribution in [0.3, 0.4) is 0 Å². The Morgan fingerprint density at radius 1 is 0.864 bits per heavy atom. The number of likely N-dealkylation sites (tertiary alicyclic amines) is 2. The SMILES string of the molecule is FC(F)CN1CCC2(CCN(Cc3ccccc3)CC2)CC1. The Kier molecular flexibility index (Phi) is 5.09. The van der Waals surface area contributed by atoms with Gasteiger partial charge in [0, 0.05) is 6.54 Å². The molecule has 1 spiro atoms. The molecule has 0 atom stereocenters. The van der Waals surface area contributed by atoms with E-state index in [4.69, 9.17) is 0 Å². The highest BCUT2D eigenvalue weighted by molar-refractivity contribution is 5.14. The molecule has 2 aliphatic heterocycles. The van der Waals surface area contributed by atoms with Crippen molar-refractivity contribution in [1.82, 2.24) is 9.80 Å². The topological polar surface area (TPSA) is 6.48 Å². The van der Waals surface area contributed by atoms with E-state index >= 15 is 0 Å². The molecular formula is C18H26F2N2. The van der Waals surface area contributed by atoms with Crippen molar-refractivity contribution in [1.29, 1.82) is 0 Å². The third kappa shape index (κ3) is 4.05. The number of alkyl halides is 2. The average molecular weight is 308 g/mol. The molecule has 3 rings (SSSR count). The van der Waals surface area contributed by atoms with Crippen LogP contribution < -0.4 is 0 Å². The standard InChI is InChI=1S/C18H26F2N2/c19-17(20)15-22-12-8-18(9-13-22)6-10-21(11-7-18)14-16-4-2-1-3-5-16/h1-5,17H,6-15H2. The first-order valence-corrected chi connectivity index (χ1v) is 8.42.